The average molecular weight is 719 g/mol. The van der Waals surface area contributed by atoms with Crippen LogP contribution in [0.15, 0.2) is 146 Å². The summed E-state index contributed by atoms with van der Waals surface area (Å²) in [5.41, 5.74) is 10.9. The molecule has 2 aromatic heterocycles. The number of pyridine rings is 2. The van der Waals surface area contributed by atoms with Gasteiger partial charge in [-0.2, -0.15) is 18.2 Å². The molecule has 2 heterocycles. The molecule has 49 heavy (non-hydrogen) atoms. The standard InChI is InChI=1S/C39H39N2P2.C5H5.Fe/c42-25-35-30-18-26-17-27(19-30)22-38(35,21-26)37-34(39(43,31-13-7-15-40-23-31)32-14-8-16-41-24-32)20-33(28-9-3-1-4-10-28)36(37)29-11-5-2-6-12-29;1-2-4-5-3-1;/h1-16,20,23-24,26-27,30,35H,17-19,21-22,25,42-43H2;1-5H;/q2*-1;+2. The topological polar surface area (TPSA) is 25.8 Å². The minimum absolute atomic E-state index is 0. The van der Waals surface area contributed by atoms with E-state index < -0.39 is 5.16 Å². The molecule has 0 saturated heterocycles. The summed E-state index contributed by atoms with van der Waals surface area (Å²) in [5, 5.41) is -0.497. The van der Waals surface area contributed by atoms with E-state index in [1.165, 1.54) is 71.0 Å². The molecule has 5 unspecified atom stereocenters. The molecule has 0 radical (unpaired) electrons. The van der Waals surface area contributed by atoms with E-state index in [1.807, 2.05) is 42.7 Å². The van der Waals surface area contributed by atoms with Crippen LogP contribution in [-0.2, 0) is 27.6 Å². The molecule has 10 rings (SSSR count). The van der Waals surface area contributed by atoms with Gasteiger partial charge in [-0.25, -0.2) is 12.1 Å². The maximum absolute atomic E-state index is 4.66. The quantitative estimate of drug-likeness (QED) is 0.0933. The molecule has 248 valence electrons. The minimum Gasteiger partial charge on any atom is -0.264 e. The molecule has 2 nitrogen and oxygen atoms in total. The van der Waals surface area contributed by atoms with Gasteiger partial charge in [-0.15, -0.1) is 42.2 Å². The fraction of sp³-hybridized carbons (Fsp3) is 0.273. The second-order valence-electron chi connectivity index (χ2n) is 14.3. The fourth-order valence-electron chi connectivity index (χ4n) is 10.1. The predicted octanol–water partition coefficient (Wildman–Crippen LogP) is 10.7. The Hall–Kier alpha value is -3.18. The van der Waals surface area contributed by atoms with Crippen LogP contribution in [0.4, 0.5) is 0 Å². The third-order valence-corrected chi connectivity index (χ3v) is 13.2. The molecular formula is C44H44FeN2P2. The number of rotatable bonds is 7. The van der Waals surface area contributed by atoms with Crippen LogP contribution in [-0.4, -0.2) is 16.1 Å². The van der Waals surface area contributed by atoms with Crippen molar-refractivity contribution in [2.75, 3.05) is 6.16 Å². The van der Waals surface area contributed by atoms with Crippen LogP contribution in [0.2, 0.25) is 0 Å². The van der Waals surface area contributed by atoms with Gasteiger partial charge in [-0.3, -0.25) is 9.97 Å². The zero-order valence-corrected chi connectivity index (χ0v) is 31.2. The van der Waals surface area contributed by atoms with Crippen molar-refractivity contribution in [2.24, 2.45) is 23.7 Å². The van der Waals surface area contributed by atoms with E-state index in [4.69, 9.17) is 0 Å². The van der Waals surface area contributed by atoms with Crippen LogP contribution < -0.4 is 0 Å². The number of hydrogen-bond acceptors (Lipinski definition) is 2. The SMILES string of the molecule is PCC1C2CC3CC(C2)CC1(c1c(C(P)(c2cccnc2)c2cccnc2)cc(-c2ccccc2)[c-]1-c1ccccc1)C3.[Fe+2].c1cc[cH-]c1. The summed E-state index contributed by atoms with van der Waals surface area (Å²) in [6.45, 7) is 0. The molecule has 4 fully saturated rings. The summed E-state index contributed by atoms with van der Waals surface area (Å²) in [5.74, 6) is 3.13. The molecule has 4 bridgehead atoms. The third kappa shape index (κ3) is 6.13. The zero-order chi connectivity index (χ0) is 32.6. The van der Waals surface area contributed by atoms with Gasteiger partial charge in [0.1, 0.15) is 0 Å². The van der Waals surface area contributed by atoms with Crippen molar-refractivity contribution in [3.8, 4) is 22.3 Å². The van der Waals surface area contributed by atoms with Crippen molar-refractivity contribution in [3.05, 3.63) is 168 Å². The van der Waals surface area contributed by atoms with Gasteiger partial charge in [0.25, 0.3) is 0 Å². The molecule has 4 aromatic carbocycles. The molecule has 6 aromatic rings. The fourth-order valence-corrected chi connectivity index (χ4v) is 11.5. The Bertz CT molecular complexity index is 1850. The summed E-state index contributed by atoms with van der Waals surface area (Å²) in [6.07, 6.45) is 15.9. The molecule has 0 spiro atoms. The zero-order valence-electron chi connectivity index (χ0n) is 27.8. The molecule has 0 N–H and O–H groups in total. The van der Waals surface area contributed by atoms with Crippen LogP contribution in [0.1, 0.15) is 54.4 Å². The first-order chi connectivity index (χ1) is 23.6. The average Bonchev–Trinajstić information content (AvgIpc) is 3.86. The number of nitrogens with zero attached hydrogens (tertiary/aromatic N) is 2. The van der Waals surface area contributed by atoms with Gasteiger partial charge in [-0.1, -0.05) is 88.5 Å². The number of benzene rings is 2. The summed E-state index contributed by atoms with van der Waals surface area (Å²) in [6, 6.07) is 43.6. The van der Waals surface area contributed by atoms with E-state index in [-0.39, 0.29) is 22.5 Å². The Labute approximate surface area is 307 Å². The molecule has 4 aliphatic rings. The monoisotopic (exact) mass is 718 g/mol. The maximum Gasteiger partial charge on any atom is 2.00 e. The first-order valence-electron chi connectivity index (χ1n) is 17.5. The van der Waals surface area contributed by atoms with Crippen LogP contribution in [0, 0.1) is 23.7 Å². The summed E-state index contributed by atoms with van der Waals surface area (Å²) < 4.78 is 0. The Kier molecular flexibility index (Phi) is 10.2. The van der Waals surface area contributed by atoms with Crippen LogP contribution in [0.5, 0.6) is 0 Å². The van der Waals surface area contributed by atoms with Gasteiger partial charge in [0.15, 0.2) is 0 Å². The minimum atomic E-state index is -0.497. The Morgan fingerprint density at radius 2 is 1.35 bits per heavy atom. The smallest absolute Gasteiger partial charge is 0.264 e. The Morgan fingerprint density at radius 3 is 1.86 bits per heavy atom. The third-order valence-electron chi connectivity index (χ3n) is 11.7. The first kappa shape index (κ1) is 34.3. The summed E-state index contributed by atoms with van der Waals surface area (Å²) in [7, 11) is 6.54. The van der Waals surface area contributed by atoms with E-state index in [0.717, 1.165) is 23.9 Å². The number of aromatic nitrogens is 2. The van der Waals surface area contributed by atoms with E-state index in [0.29, 0.717) is 5.92 Å². The molecule has 0 aliphatic heterocycles. The van der Waals surface area contributed by atoms with E-state index in [2.05, 4.69) is 132 Å². The molecule has 5 heteroatoms. The van der Waals surface area contributed by atoms with Crippen LogP contribution in [0.3, 0.4) is 0 Å². The van der Waals surface area contributed by atoms with E-state index in [9.17, 15) is 0 Å². The second-order valence-corrected chi connectivity index (χ2v) is 15.7. The van der Waals surface area contributed by atoms with Gasteiger partial charge in [0, 0.05) is 29.9 Å². The van der Waals surface area contributed by atoms with Gasteiger partial charge < -0.3 is 0 Å². The Balaban J connectivity index is 0.000000581. The normalized spacial score (nSPS) is 23.7. The largest absolute Gasteiger partial charge is 2.00 e. The van der Waals surface area contributed by atoms with Crippen molar-refractivity contribution in [1.82, 2.24) is 9.97 Å². The number of hydrogen-bond donors (Lipinski definition) is 0. The Morgan fingerprint density at radius 1 is 0.755 bits per heavy atom. The van der Waals surface area contributed by atoms with Crippen molar-refractivity contribution >= 4 is 18.5 Å². The second kappa shape index (κ2) is 14.6. The molecule has 5 atom stereocenters. The van der Waals surface area contributed by atoms with Gasteiger partial charge >= 0.3 is 17.1 Å². The van der Waals surface area contributed by atoms with Crippen molar-refractivity contribution in [3.63, 3.8) is 0 Å². The van der Waals surface area contributed by atoms with E-state index >= 15 is 0 Å². The summed E-state index contributed by atoms with van der Waals surface area (Å²) >= 11 is 0. The van der Waals surface area contributed by atoms with Crippen molar-refractivity contribution in [2.45, 2.75) is 42.7 Å². The predicted molar refractivity (Wildman–Crippen MR) is 206 cm³/mol. The van der Waals surface area contributed by atoms with Crippen LogP contribution in [0.25, 0.3) is 22.3 Å². The maximum atomic E-state index is 4.66. The molecular weight excluding hydrogens is 674 g/mol. The first-order valence-corrected chi connectivity index (χ1v) is 18.9. The van der Waals surface area contributed by atoms with Gasteiger partial charge in [0.2, 0.25) is 0 Å². The molecule has 4 aliphatic carbocycles. The molecule has 0 amide bonds. The van der Waals surface area contributed by atoms with Gasteiger partial charge in [-0.05, 0) is 90.6 Å². The van der Waals surface area contributed by atoms with Gasteiger partial charge in [0.05, 0.1) is 0 Å². The van der Waals surface area contributed by atoms with Crippen LogP contribution >= 0.6 is 18.5 Å². The van der Waals surface area contributed by atoms with Crippen molar-refractivity contribution in [1.29, 1.82) is 0 Å². The summed E-state index contributed by atoms with van der Waals surface area (Å²) in [4.78, 5) is 9.33. The molecule has 4 saturated carbocycles. The van der Waals surface area contributed by atoms with E-state index in [1.54, 1.807) is 5.56 Å². The van der Waals surface area contributed by atoms with Crippen molar-refractivity contribution < 1.29 is 17.1 Å².